The molecule has 2 heterocycles. The highest BCUT2D eigenvalue weighted by molar-refractivity contribution is 7.89. The number of rotatable bonds is 4. The first-order chi connectivity index (χ1) is 11.5. The van der Waals surface area contributed by atoms with Gasteiger partial charge in [-0.25, -0.2) is 8.42 Å². The number of nitrogens with zero attached hydrogens (tertiary/aromatic N) is 2. The molecular formula is C17H18N2O3S2. The number of aryl methyl sites for hydroxylation is 1. The molecule has 24 heavy (non-hydrogen) atoms. The van der Waals surface area contributed by atoms with Crippen molar-refractivity contribution in [3.63, 3.8) is 0 Å². The van der Waals surface area contributed by atoms with Crippen LogP contribution in [-0.4, -0.2) is 37.5 Å². The molecule has 0 bridgehead atoms. The molecule has 2 aromatic rings. The number of hydrogen-bond acceptors (Lipinski definition) is 5. The molecule has 0 saturated carbocycles. The average molecular weight is 362 g/mol. The van der Waals surface area contributed by atoms with E-state index in [9.17, 15) is 13.5 Å². The van der Waals surface area contributed by atoms with Gasteiger partial charge in [-0.05, 0) is 53.1 Å². The monoisotopic (exact) mass is 362 g/mol. The minimum absolute atomic E-state index is 0.00899. The maximum absolute atomic E-state index is 13.0. The first-order valence-corrected chi connectivity index (χ1v) is 9.99. The number of nitriles is 1. The number of benzene rings is 1. The van der Waals surface area contributed by atoms with Crippen molar-refractivity contribution in [2.45, 2.75) is 17.7 Å². The Morgan fingerprint density at radius 3 is 2.75 bits per heavy atom. The third-order valence-corrected chi connectivity index (χ3v) is 7.23. The Labute approximate surface area is 145 Å². The summed E-state index contributed by atoms with van der Waals surface area (Å²) in [5, 5.41) is 22.6. The zero-order valence-electron chi connectivity index (χ0n) is 13.2. The molecule has 1 N–H and O–H groups in total. The van der Waals surface area contributed by atoms with Crippen molar-refractivity contribution in [3.05, 3.63) is 51.7 Å². The fourth-order valence-electron chi connectivity index (χ4n) is 3.22. The second kappa shape index (κ2) is 6.65. The summed E-state index contributed by atoms with van der Waals surface area (Å²) in [6, 6.07) is 8.61. The normalized spacial score (nSPS) is 21.7. The molecule has 1 saturated heterocycles. The minimum atomic E-state index is -3.65. The number of sulfonamides is 1. The molecule has 1 aliphatic heterocycles. The van der Waals surface area contributed by atoms with Crippen LogP contribution in [0.2, 0.25) is 0 Å². The number of aliphatic hydroxyl groups is 1. The highest BCUT2D eigenvalue weighted by Crippen LogP contribution is 2.36. The summed E-state index contributed by atoms with van der Waals surface area (Å²) >= 11 is 1.57. The third kappa shape index (κ3) is 2.98. The van der Waals surface area contributed by atoms with E-state index >= 15 is 0 Å². The van der Waals surface area contributed by atoms with Crippen molar-refractivity contribution >= 4 is 21.4 Å². The molecule has 0 aliphatic carbocycles. The SMILES string of the molecule is Cc1cc(C#N)ccc1S(=O)(=O)N1C[C@H](CO)[C@H](c2ccsc2)C1. The molecule has 1 aromatic carbocycles. The van der Waals surface area contributed by atoms with Crippen LogP contribution in [0, 0.1) is 24.2 Å². The van der Waals surface area contributed by atoms with Crippen LogP contribution in [0.3, 0.4) is 0 Å². The molecular weight excluding hydrogens is 344 g/mol. The summed E-state index contributed by atoms with van der Waals surface area (Å²) in [4.78, 5) is 0.226. The second-order valence-corrected chi connectivity index (χ2v) is 8.71. The van der Waals surface area contributed by atoms with E-state index in [0.29, 0.717) is 24.2 Å². The van der Waals surface area contributed by atoms with Gasteiger partial charge in [0.25, 0.3) is 0 Å². The maximum atomic E-state index is 13.0. The molecule has 0 unspecified atom stereocenters. The van der Waals surface area contributed by atoms with E-state index in [1.54, 1.807) is 24.3 Å². The molecule has 126 valence electrons. The van der Waals surface area contributed by atoms with E-state index in [0.717, 1.165) is 5.56 Å². The second-order valence-electron chi connectivity index (χ2n) is 6.02. The molecule has 0 amide bonds. The number of aliphatic hydroxyl groups excluding tert-OH is 1. The van der Waals surface area contributed by atoms with Gasteiger partial charge in [0.2, 0.25) is 10.0 Å². The molecule has 0 radical (unpaired) electrons. The van der Waals surface area contributed by atoms with Crippen LogP contribution in [-0.2, 0) is 10.0 Å². The first-order valence-electron chi connectivity index (χ1n) is 7.61. The van der Waals surface area contributed by atoms with Gasteiger partial charge < -0.3 is 5.11 Å². The molecule has 1 fully saturated rings. The summed E-state index contributed by atoms with van der Waals surface area (Å²) in [6.45, 7) is 2.32. The van der Waals surface area contributed by atoms with E-state index in [1.165, 1.54) is 16.4 Å². The van der Waals surface area contributed by atoms with Crippen LogP contribution in [0.15, 0.2) is 39.9 Å². The average Bonchev–Trinajstić information content (AvgIpc) is 3.23. The van der Waals surface area contributed by atoms with Gasteiger partial charge in [0.1, 0.15) is 0 Å². The van der Waals surface area contributed by atoms with Gasteiger partial charge in [-0.2, -0.15) is 20.9 Å². The lowest BCUT2D eigenvalue weighted by atomic mass is 9.92. The lowest BCUT2D eigenvalue weighted by Crippen LogP contribution is -2.30. The molecule has 1 aliphatic rings. The third-order valence-electron chi connectivity index (χ3n) is 4.54. The Bertz CT molecular complexity index is 870. The summed E-state index contributed by atoms with van der Waals surface area (Å²) in [5.74, 6) is -0.0947. The van der Waals surface area contributed by atoms with Crippen LogP contribution >= 0.6 is 11.3 Å². The van der Waals surface area contributed by atoms with Crippen molar-refractivity contribution in [1.29, 1.82) is 5.26 Å². The van der Waals surface area contributed by atoms with Crippen LogP contribution in [0.5, 0.6) is 0 Å². The van der Waals surface area contributed by atoms with E-state index < -0.39 is 10.0 Å². The molecule has 3 rings (SSSR count). The Morgan fingerprint density at radius 1 is 1.38 bits per heavy atom. The van der Waals surface area contributed by atoms with Crippen LogP contribution < -0.4 is 0 Å². The van der Waals surface area contributed by atoms with Crippen molar-refractivity contribution in [2.75, 3.05) is 19.7 Å². The van der Waals surface area contributed by atoms with Gasteiger partial charge >= 0.3 is 0 Å². The summed E-state index contributed by atoms with van der Waals surface area (Å²) in [6.07, 6.45) is 0. The van der Waals surface area contributed by atoms with Gasteiger partial charge in [-0.15, -0.1) is 0 Å². The fourth-order valence-corrected chi connectivity index (χ4v) is 5.68. The quantitative estimate of drug-likeness (QED) is 0.905. The van der Waals surface area contributed by atoms with E-state index in [1.807, 2.05) is 22.9 Å². The van der Waals surface area contributed by atoms with Crippen molar-refractivity contribution < 1.29 is 13.5 Å². The Morgan fingerprint density at radius 2 is 2.17 bits per heavy atom. The Hall–Kier alpha value is -1.72. The summed E-state index contributed by atoms with van der Waals surface area (Å²) in [5.41, 5.74) is 2.08. The smallest absolute Gasteiger partial charge is 0.243 e. The first kappa shape index (κ1) is 17.1. The van der Waals surface area contributed by atoms with Crippen molar-refractivity contribution in [1.82, 2.24) is 4.31 Å². The van der Waals surface area contributed by atoms with Gasteiger partial charge in [0.15, 0.2) is 0 Å². The molecule has 1 aromatic heterocycles. The highest BCUT2D eigenvalue weighted by Gasteiger charge is 2.40. The summed E-state index contributed by atoms with van der Waals surface area (Å²) in [7, 11) is -3.65. The topological polar surface area (TPSA) is 81.4 Å². The Balaban J connectivity index is 1.92. The number of hydrogen-bond donors (Lipinski definition) is 1. The molecule has 2 atom stereocenters. The van der Waals surface area contributed by atoms with Crippen molar-refractivity contribution in [2.24, 2.45) is 5.92 Å². The van der Waals surface area contributed by atoms with Crippen LogP contribution in [0.25, 0.3) is 0 Å². The van der Waals surface area contributed by atoms with Crippen LogP contribution in [0.1, 0.15) is 22.6 Å². The zero-order chi connectivity index (χ0) is 17.3. The van der Waals surface area contributed by atoms with Crippen LogP contribution in [0.4, 0.5) is 0 Å². The molecule has 5 nitrogen and oxygen atoms in total. The maximum Gasteiger partial charge on any atom is 0.243 e. The van der Waals surface area contributed by atoms with E-state index in [4.69, 9.17) is 5.26 Å². The highest BCUT2D eigenvalue weighted by atomic mass is 32.2. The van der Waals surface area contributed by atoms with Crippen molar-refractivity contribution in [3.8, 4) is 6.07 Å². The predicted octanol–water partition coefficient (Wildman–Crippen LogP) is 2.32. The molecule has 0 spiro atoms. The van der Waals surface area contributed by atoms with Gasteiger partial charge in [0, 0.05) is 31.5 Å². The predicted molar refractivity (Wildman–Crippen MR) is 92.3 cm³/mol. The van der Waals surface area contributed by atoms with E-state index in [-0.39, 0.29) is 23.3 Å². The fraction of sp³-hybridized carbons (Fsp3) is 0.353. The van der Waals surface area contributed by atoms with E-state index in [2.05, 4.69) is 0 Å². The van der Waals surface area contributed by atoms with Gasteiger partial charge in [0.05, 0.1) is 16.5 Å². The lowest BCUT2D eigenvalue weighted by Gasteiger charge is -2.18. The Kier molecular flexibility index (Phi) is 4.74. The zero-order valence-corrected chi connectivity index (χ0v) is 14.8. The lowest BCUT2D eigenvalue weighted by molar-refractivity contribution is 0.223. The summed E-state index contributed by atoms with van der Waals surface area (Å²) < 4.78 is 27.4. The largest absolute Gasteiger partial charge is 0.396 e. The molecule has 7 heteroatoms. The standard InChI is InChI=1S/C17H18N2O3S2/c1-12-6-13(7-18)2-3-17(12)24(21,22)19-8-15(10-20)16(9-19)14-4-5-23-11-14/h2-6,11,15-16,20H,8-10H2,1H3/t15-,16+/m1/s1. The van der Waals surface area contributed by atoms with Gasteiger partial charge in [-0.1, -0.05) is 0 Å². The number of thiophene rings is 1. The minimum Gasteiger partial charge on any atom is -0.396 e. The van der Waals surface area contributed by atoms with Gasteiger partial charge in [-0.3, -0.25) is 0 Å².